The standard InChI is InChI=1S/C25H30N4O2/c1-2-15-29(20-11-13-27-14-12-20)17-19-7-9-23(22-6-4-3-5-21(19)22)31-24-10-8-18(16-28-24)25(26)30/h3-10,16,20,27H,2,11-15,17H2,1H3,(H2,26,30). The first-order valence-electron chi connectivity index (χ1n) is 11.0. The second kappa shape index (κ2) is 9.90. The van der Waals surface area contributed by atoms with Crippen molar-refractivity contribution in [2.24, 2.45) is 5.73 Å². The number of aromatic nitrogens is 1. The van der Waals surface area contributed by atoms with Gasteiger partial charge in [0.2, 0.25) is 11.8 Å². The number of rotatable bonds is 8. The molecule has 1 aromatic heterocycles. The lowest BCUT2D eigenvalue weighted by molar-refractivity contribution is 0.1000. The van der Waals surface area contributed by atoms with E-state index in [1.165, 1.54) is 30.0 Å². The molecule has 0 spiro atoms. The topological polar surface area (TPSA) is 80.5 Å². The van der Waals surface area contributed by atoms with Crippen LogP contribution in [-0.4, -0.2) is 41.5 Å². The number of amides is 1. The average Bonchev–Trinajstić information content (AvgIpc) is 2.81. The summed E-state index contributed by atoms with van der Waals surface area (Å²) in [6, 6.07) is 16.5. The molecule has 1 fully saturated rings. The van der Waals surface area contributed by atoms with Gasteiger partial charge in [0.05, 0.1) is 5.56 Å². The summed E-state index contributed by atoms with van der Waals surface area (Å²) < 4.78 is 6.07. The molecule has 0 unspecified atom stereocenters. The smallest absolute Gasteiger partial charge is 0.250 e. The quantitative estimate of drug-likeness (QED) is 0.576. The van der Waals surface area contributed by atoms with Gasteiger partial charge < -0.3 is 15.8 Å². The Bertz CT molecular complexity index is 1030. The van der Waals surface area contributed by atoms with E-state index in [4.69, 9.17) is 10.5 Å². The molecule has 3 N–H and O–H groups in total. The third-order valence-electron chi connectivity index (χ3n) is 5.92. The minimum atomic E-state index is -0.501. The number of carbonyl (C=O) groups is 1. The molecular formula is C25H30N4O2. The van der Waals surface area contributed by atoms with Crippen molar-refractivity contribution >= 4 is 16.7 Å². The number of pyridine rings is 1. The zero-order chi connectivity index (χ0) is 21.6. The molecule has 1 saturated heterocycles. The first-order chi connectivity index (χ1) is 15.2. The summed E-state index contributed by atoms with van der Waals surface area (Å²) in [6.07, 6.45) is 4.99. The van der Waals surface area contributed by atoms with Crippen molar-refractivity contribution < 1.29 is 9.53 Å². The molecule has 6 nitrogen and oxygen atoms in total. The van der Waals surface area contributed by atoms with Gasteiger partial charge in [-0.25, -0.2) is 4.98 Å². The maximum atomic E-state index is 11.3. The largest absolute Gasteiger partial charge is 0.438 e. The fraction of sp³-hybridized carbons (Fsp3) is 0.360. The molecule has 162 valence electrons. The summed E-state index contributed by atoms with van der Waals surface area (Å²) >= 11 is 0. The first kappa shape index (κ1) is 21.3. The molecule has 6 heteroatoms. The summed E-state index contributed by atoms with van der Waals surface area (Å²) in [5.41, 5.74) is 6.97. The van der Waals surface area contributed by atoms with Gasteiger partial charge >= 0.3 is 0 Å². The maximum Gasteiger partial charge on any atom is 0.250 e. The summed E-state index contributed by atoms with van der Waals surface area (Å²) in [5.74, 6) is 0.687. The number of ether oxygens (including phenoxy) is 1. The lowest BCUT2D eigenvalue weighted by atomic mass is 10.00. The van der Waals surface area contributed by atoms with E-state index in [2.05, 4.69) is 46.4 Å². The molecule has 0 saturated carbocycles. The van der Waals surface area contributed by atoms with E-state index >= 15 is 0 Å². The van der Waals surface area contributed by atoms with Crippen LogP contribution in [0.4, 0.5) is 0 Å². The third-order valence-corrected chi connectivity index (χ3v) is 5.92. The number of nitrogens with two attached hydrogens (primary N) is 1. The first-order valence-corrected chi connectivity index (χ1v) is 11.0. The van der Waals surface area contributed by atoms with Crippen molar-refractivity contribution in [3.63, 3.8) is 0 Å². The third kappa shape index (κ3) is 5.03. The zero-order valence-electron chi connectivity index (χ0n) is 18.0. The molecule has 31 heavy (non-hydrogen) atoms. The Morgan fingerprint density at radius 1 is 1.13 bits per heavy atom. The molecule has 3 aromatic rings. The van der Waals surface area contributed by atoms with Crippen LogP contribution >= 0.6 is 0 Å². The summed E-state index contributed by atoms with van der Waals surface area (Å²) in [7, 11) is 0. The van der Waals surface area contributed by atoms with Crippen LogP contribution in [0.25, 0.3) is 10.8 Å². The number of piperidine rings is 1. The van der Waals surface area contributed by atoms with Crippen LogP contribution in [0, 0.1) is 0 Å². The highest BCUT2D eigenvalue weighted by molar-refractivity contribution is 5.92. The Morgan fingerprint density at radius 3 is 2.58 bits per heavy atom. The Morgan fingerprint density at radius 2 is 1.90 bits per heavy atom. The van der Waals surface area contributed by atoms with Gasteiger partial charge in [-0.15, -0.1) is 0 Å². The molecule has 1 amide bonds. The monoisotopic (exact) mass is 418 g/mol. The van der Waals surface area contributed by atoms with E-state index in [0.29, 0.717) is 17.5 Å². The Labute approximate surface area is 183 Å². The minimum Gasteiger partial charge on any atom is -0.438 e. The molecular weight excluding hydrogens is 388 g/mol. The van der Waals surface area contributed by atoms with Crippen LogP contribution in [0.2, 0.25) is 0 Å². The summed E-state index contributed by atoms with van der Waals surface area (Å²) in [4.78, 5) is 18.1. The number of benzene rings is 2. The fourth-order valence-electron chi connectivity index (χ4n) is 4.33. The second-order valence-electron chi connectivity index (χ2n) is 8.07. The predicted molar refractivity (Wildman–Crippen MR) is 123 cm³/mol. The highest BCUT2D eigenvalue weighted by atomic mass is 16.5. The molecule has 1 aliphatic rings. The Hall–Kier alpha value is -2.96. The van der Waals surface area contributed by atoms with Gasteiger partial charge in [-0.3, -0.25) is 9.69 Å². The second-order valence-corrected chi connectivity index (χ2v) is 8.07. The van der Waals surface area contributed by atoms with Crippen molar-refractivity contribution in [1.29, 1.82) is 0 Å². The van der Waals surface area contributed by atoms with Crippen LogP contribution < -0.4 is 15.8 Å². The van der Waals surface area contributed by atoms with Crippen LogP contribution in [0.15, 0.2) is 54.7 Å². The Kier molecular flexibility index (Phi) is 6.79. The molecule has 1 aliphatic heterocycles. The van der Waals surface area contributed by atoms with Crippen molar-refractivity contribution in [2.75, 3.05) is 19.6 Å². The van der Waals surface area contributed by atoms with Gasteiger partial charge in [-0.05, 0) is 62.0 Å². The number of hydrogen-bond donors (Lipinski definition) is 2. The van der Waals surface area contributed by atoms with Crippen LogP contribution in [0.5, 0.6) is 11.6 Å². The number of nitrogens with one attached hydrogen (secondary N) is 1. The van der Waals surface area contributed by atoms with Crippen molar-refractivity contribution in [3.05, 3.63) is 65.9 Å². The van der Waals surface area contributed by atoms with Gasteiger partial charge in [-0.2, -0.15) is 0 Å². The molecule has 0 aliphatic carbocycles. The zero-order valence-corrected chi connectivity index (χ0v) is 18.0. The van der Waals surface area contributed by atoms with E-state index in [0.717, 1.165) is 43.7 Å². The Balaban J connectivity index is 1.60. The van der Waals surface area contributed by atoms with Gasteiger partial charge in [0.25, 0.3) is 0 Å². The predicted octanol–water partition coefficient (Wildman–Crippen LogP) is 4.09. The van der Waals surface area contributed by atoms with E-state index in [-0.39, 0.29) is 0 Å². The van der Waals surface area contributed by atoms with Crippen molar-refractivity contribution in [2.45, 2.75) is 38.8 Å². The van der Waals surface area contributed by atoms with Crippen molar-refractivity contribution in [1.82, 2.24) is 15.2 Å². The maximum absolute atomic E-state index is 11.3. The molecule has 2 heterocycles. The fourth-order valence-corrected chi connectivity index (χ4v) is 4.33. The van der Waals surface area contributed by atoms with Gasteiger partial charge in [0.15, 0.2) is 0 Å². The minimum absolute atomic E-state index is 0.362. The lowest BCUT2D eigenvalue weighted by Crippen LogP contribution is -2.43. The molecule has 0 bridgehead atoms. The summed E-state index contributed by atoms with van der Waals surface area (Å²) in [6.45, 7) is 6.48. The van der Waals surface area contributed by atoms with Gasteiger partial charge in [0.1, 0.15) is 5.75 Å². The van der Waals surface area contributed by atoms with Crippen molar-refractivity contribution in [3.8, 4) is 11.6 Å². The normalized spacial score (nSPS) is 14.8. The summed E-state index contributed by atoms with van der Waals surface area (Å²) in [5, 5.41) is 5.73. The number of primary amides is 1. The molecule has 0 radical (unpaired) electrons. The SMILES string of the molecule is CCCN(Cc1ccc(Oc2ccc(C(N)=O)cn2)c2ccccc12)C1CCNCC1. The van der Waals surface area contributed by atoms with E-state index in [1.54, 1.807) is 12.1 Å². The molecule has 4 rings (SSSR count). The number of nitrogens with zero attached hydrogens (tertiary/aromatic N) is 2. The van der Waals surface area contributed by atoms with E-state index < -0.39 is 5.91 Å². The number of hydrogen-bond acceptors (Lipinski definition) is 5. The number of carbonyl (C=O) groups excluding carboxylic acids is 1. The van der Waals surface area contributed by atoms with Crippen LogP contribution in [0.1, 0.15) is 42.1 Å². The molecule has 0 atom stereocenters. The highest BCUT2D eigenvalue weighted by Crippen LogP contribution is 2.32. The van der Waals surface area contributed by atoms with Crippen LogP contribution in [-0.2, 0) is 6.54 Å². The average molecular weight is 419 g/mol. The van der Waals surface area contributed by atoms with Gasteiger partial charge in [-0.1, -0.05) is 37.3 Å². The van der Waals surface area contributed by atoms with E-state index in [9.17, 15) is 4.79 Å². The molecule has 2 aromatic carbocycles. The van der Waals surface area contributed by atoms with Crippen LogP contribution in [0.3, 0.4) is 0 Å². The lowest BCUT2D eigenvalue weighted by Gasteiger charge is -2.35. The van der Waals surface area contributed by atoms with Gasteiger partial charge in [0, 0.05) is 30.2 Å². The van der Waals surface area contributed by atoms with E-state index in [1.807, 2.05) is 12.1 Å². The highest BCUT2D eigenvalue weighted by Gasteiger charge is 2.21. The number of fused-ring (bicyclic) bond motifs is 1.